The summed E-state index contributed by atoms with van der Waals surface area (Å²) in [6.45, 7) is 0. The molecule has 4 heteroatoms. The molecule has 3 nitrogen and oxygen atoms in total. The van der Waals surface area contributed by atoms with E-state index in [1.807, 2.05) is 17.5 Å². The zero-order chi connectivity index (χ0) is 10.8. The van der Waals surface area contributed by atoms with Crippen LogP contribution in [-0.2, 0) is 7.05 Å². The van der Waals surface area contributed by atoms with Gasteiger partial charge in [0.05, 0.1) is 16.1 Å². The van der Waals surface area contributed by atoms with Gasteiger partial charge in [-0.15, -0.1) is 11.3 Å². The van der Waals surface area contributed by atoms with Gasteiger partial charge in [0.1, 0.15) is 0 Å². The van der Waals surface area contributed by atoms with Crippen LogP contribution < -0.4 is 5.56 Å². The number of pyridine rings is 1. The molecule has 2 aromatic rings. The highest BCUT2D eigenvalue weighted by Crippen LogP contribution is 2.22. The van der Waals surface area contributed by atoms with Crippen LogP contribution in [0.2, 0.25) is 0 Å². The van der Waals surface area contributed by atoms with Crippen LogP contribution in [0, 0.1) is 0 Å². The van der Waals surface area contributed by atoms with E-state index in [0.29, 0.717) is 6.29 Å². The lowest BCUT2D eigenvalue weighted by Crippen LogP contribution is -2.21. The Hall–Kier alpha value is -1.68. The van der Waals surface area contributed by atoms with Gasteiger partial charge in [0.2, 0.25) is 0 Å². The minimum Gasteiger partial charge on any atom is -0.310 e. The molecule has 0 aliphatic heterocycles. The number of carbonyl (C=O) groups excluding carboxylic acids is 1. The molecular weight excluding hydrogens is 210 g/mol. The molecule has 0 fully saturated rings. The molecule has 0 atom stereocenters. The van der Waals surface area contributed by atoms with Crippen molar-refractivity contribution in [3.8, 4) is 10.6 Å². The Kier molecular flexibility index (Phi) is 2.51. The molecule has 0 aliphatic rings. The Morgan fingerprint density at radius 1 is 1.33 bits per heavy atom. The van der Waals surface area contributed by atoms with Crippen molar-refractivity contribution in [2.24, 2.45) is 7.05 Å². The van der Waals surface area contributed by atoms with Crippen molar-refractivity contribution in [3.05, 3.63) is 45.6 Å². The van der Waals surface area contributed by atoms with Crippen molar-refractivity contribution in [1.29, 1.82) is 0 Å². The lowest BCUT2D eigenvalue weighted by molar-refractivity contribution is 0.112. The molecule has 0 saturated heterocycles. The molecule has 0 N–H and O–H groups in total. The number of thiophene rings is 1. The Bertz CT molecular complexity index is 540. The van der Waals surface area contributed by atoms with Gasteiger partial charge in [-0.2, -0.15) is 0 Å². The molecule has 2 heterocycles. The predicted molar refractivity (Wildman–Crippen MR) is 60.4 cm³/mol. The first-order chi connectivity index (χ1) is 7.24. The van der Waals surface area contributed by atoms with Gasteiger partial charge in [-0.25, -0.2) is 0 Å². The van der Waals surface area contributed by atoms with Gasteiger partial charge in [0.15, 0.2) is 6.29 Å². The lowest BCUT2D eigenvalue weighted by Gasteiger charge is -2.05. The Morgan fingerprint density at radius 2 is 2.13 bits per heavy atom. The number of hydrogen-bond donors (Lipinski definition) is 0. The van der Waals surface area contributed by atoms with Gasteiger partial charge in [0, 0.05) is 7.05 Å². The van der Waals surface area contributed by atoms with E-state index >= 15 is 0 Å². The summed E-state index contributed by atoms with van der Waals surface area (Å²) in [5, 5.41) is 1.95. The summed E-state index contributed by atoms with van der Waals surface area (Å²) in [6, 6.07) is 7.22. The molecule has 0 aromatic carbocycles. The highest BCUT2D eigenvalue weighted by molar-refractivity contribution is 7.13. The van der Waals surface area contributed by atoms with Crippen LogP contribution in [0.15, 0.2) is 34.4 Å². The Morgan fingerprint density at radius 3 is 2.73 bits per heavy atom. The highest BCUT2D eigenvalue weighted by Gasteiger charge is 2.06. The zero-order valence-corrected chi connectivity index (χ0v) is 8.95. The largest absolute Gasteiger partial charge is 0.310 e. The fraction of sp³-hybridized carbons (Fsp3) is 0.0909. The zero-order valence-electron chi connectivity index (χ0n) is 8.14. The van der Waals surface area contributed by atoms with Crippen molar-refractivity contribution in [1.82, 2.24) is 4.57 Å². The van der Waals surface area contributed by atoms with Crippen molar-refractivity contribution in [2.45, 2.75) is 0 Å². The smallest absolute Gasteiger partial charge is 0.261 e. The molecule has 0 unspecified atom stereocenters. The second kappa shape index (κ2) is 3.82. The number of aromatic nitrogens is 1. The topological polar surface area (TPSA) is 39.1 Å². The van der Waals surface area contributed by atoms with Crippen molar-refractivity contribution in [3.63, 3.8) is 0 Å². The summed E-state index contributed by atoms with van der Waals surface area (Å²) in [7, 11) is 1.67. The molecule has 0 amide bonds. The number of nitrogens with zero attached hydrogens (tertiary/aromatic N) is 1. The highest BCUT2D eigenvalue weighted by atomic mass is 32.1. The lowest BCUT2D eigenvalue weighted by atomic mass is 10.2. The van der Waals surface area contributed by atoms with E-state index < -0.39 is 0 Å². The average Bonchev–Trinajstić information content (AvgIpc) is 2.75. The van der Waals surface area contributed by atoms with Crippen LogP contribution in [0.5, 0.6) is 0 Å². The van der Waals surface area contributed by atoms with Crippen LogP contribution >= 0.6 is 11.3 Å². The minimum absolute atomic E-state index is 0.192. The van der Waals surface area contributed by atoms with E-state index in [9.17, 15) is 9.59 Å². The summed E-state index contributed by atoms with van der Waals surface area (Å²) >= 11 is 1.56. The number of carbonyl (C=O) groups is 1. The fourth-order valence-electron chi connectivity index (χ4n) is 1.42. The standard InChI is InChI=1S/C11H9NO2S/c1-12-9(10-3-2-6-15-10)5-4-8(7-13)11(12)14/h2-7H,1H3. The van der Waals surface area contributed by atoms with Gasteiger partial charge in [-0.1, -0.05) is 6.07 Å². The van der Waals surface area contributed by atoms with E-state index in [1.54, 1.807) is 30.5 Å². The Labute approximate surface area is 90.6 Å². The van der Waals surface area contributed by atoms with E-state index in [4.69, 9.17) is 0 Å². The van der Waals surface area contributed by atoms with Gasteiger partial charge in [0.25, 0.3) is 5.56 Å². The van der Waals surface area contributed by atoms with E-state index in [0.717, 1.165) is 10.6 Å². The van der Waals surface area contributed by atoms with Crippen LogP contribution in [0.3, 0.4) is 0 Å². The maximum absolute atomic E-state index is 11.7. The molecule has 0 bridgehead atoms. The molecule has 2 rings (SSSR count). The van der Waals surface area contributed by atoms with E-state index in [1.165, 1.54) is 4.57 Å². The number of hydrogen-bond acceptors (Lipinski definition) is 3. The normalized spacial score (nSPS) is 10.2. The first-order valence-corrected chi connectivity index (χ1v) is 5.31. The summed E-state index contributed by atoms with van der Waals surface area (Å²) in [6.07, 6.45) is 0.584. The van der Waals surface area contributed by atoms with Gasteiger partial charge >= 0.3 is 0 Å². The maximum Gasteiger partial charge on any atom is 0.261 e. The monoisotopic (exact) mass is 219 g/mol. The van der Waals surface area contributed by atoms with Crippen LogP contribution in [0.4, 0.5) is 0 Å². The second-order valence-electron chi connectivity index (χ2n) is 3.13. The first kappa shape index (κ1) is 9.86. The quantitative estimate of drug-likeness (QED) is 0.724. The summed E-state index contributed by atoms with van der Waals surface area (Å²) in [4.78, 5) is 23.2. The summed E-state index contributed by atoms with van der Waals surface area (Å²) in [5.74, 6) is 0. The third-order valence-corrected chi connectivity index (χ3v) is 3.13. The minimum atomic E-state index is -0.254. The molecule has 76 valence electrons. The third kappa shape index (κ3) is 1.64. The van der Waals surface area contributed by atoms with Crippen molar-refractivity contribution < 1.29 is 4.79 Å². The van der Waals surface area contributed by atoms with Crippen LogP contribution in [-0.4, -0.2) is 10.9 Å². The number of rotatable bonds is 2. The Balaban J connectivity index is 2.66. The molecule has 2 aromatic heterocycles. The summed E-state index contributed by atoms with van der Waals surface area (Å²) in [5.41, 5.74) is 0.773. The van der Waals surface area contributed by atoms with Gasteiger partial charge in [-0.3, -0.25) is 9.59 Å². The fourth-order valence-corrected chi connectivity index (χ4v) is 2.20. The average molecular weight is 219 g/mol. The van der Waals surface area contributed by atoms with Crippen molar-refractivity contribution in [2.75, 3.05) is 0 Å². The molecule has 0 saturated carbocycles. The van der Waals surface area contributed by atoms with Gasteiger partial charge in [-0.05, 0) is 23.6 Å². The van der Waals surface area contributed by atoms with E-state index in [-0.39, 0.29) is 11.1 Å². The second-order valence-corrected chi connectivity index (χ2v) is 4.08. The van der Waals surface area contributed by atoms with Crippen LogP contribution in [0.1, 0.15) is 10.4 Å². The van der Waals surface area contributed by atoms with Crippen molar-refractivity contribution >= 4 is 17.6 Å². The molecular formula is C11H9NO2S. The predicted octanol–water partition coefficient (Wildman–Crippen LogP) is 1.93. The molecule has 15 heavy (non-hydrogen) atoms. The first-order valence-electron chi connectivity index (χ1n) is 4.43. The molecule has 0 radical (unpaired) electrons. The molecule has 0 aliphatic carbocycles. The molecule has 0 spiro atoms. The van der Waals surface area contributed by atoms with E-state index in [2.05, 4.69) is 0 Å². The number of aldehydes is 1. The van der Waals surface area contributed by atoms with Gasteiger partial charge < -0.3 is 4.57 Å². The van der Waals surface area contributed by atoms with Crippen LogP contribution in [0.25, 0.3) is 10.6 Å². The maximum atomic E-state index is 11.7. The third-order valence-electron chi connectivity index (χ3n) is 2.23. The SMILES string of the molecule is Cn1c(-c2cccs2)ccc(C=O)c1=O. The summed E-state index contributed by atoms with van der Waals surface area (Å²) < 4.78 is 1.50.